The number of thiophene rings is 1. The molecule has 0 fully saturated rings. The molecule has 1 N–H and O–H groups in total. The lowest BCUT2D eigenvalue weighted by Gasteiger charge is -2.06. The summed E-state index contributed by atoms with van der Waals surface area (Å²) in [6.45, 7) is 5.79. The molecule has 0 radical (unpaired) electrons. The Hall–Kier alpha value is -2.73. The van der Waals surface area contributed by atoms with Crippen LogP contribution >= 0.6 is 11.3 Å². The highest BCUT2D eigenvalue weighted by atomic mass is 32.1. The molecule has 0 aliphatic carbocycles. The summed E-state index contributed by atoms with van der Waals surface area (Å²) in [4.78, 5) is 22.3. The van der Waals surface area contributed by atoms with Crippen LogP contribution < -0.4 is 10.9 Å². The minimum Gasteiger partial charge on any atom is -0.372 e. The van der Waals surface area contributed by atoms with Crippen molar-refractivity contribution in [3.8, 4) is 0 Å². The topological polar surface area (TPSA) is 59.8 Å². The Morgan fingerprint density at radius 2 is 2.29 bits per heavy atom. The molecule has 0 bridgehead atoms. The van der Waals surface area contributed by atoms with Gasteiger partial charge in [0.05, 0.1) is 5.39 Å². The molecule has 0 unspecified atom stereocenters. The number of allylic oxidation sites excluding steroid dienone is 5. The van der Waals surface area contributed by atoms with Crippen LogP contribution in [0, 0.1) is 0 Å². The fraction of sp³-hybridized carbons (Fsp3) is 0.167. The summed E-state index contributed by atoms with van der Waals surface area (Å²) in [5.74, 6) is 0.733. The second kappa shape index (κ2) is 6.80. The average Bonchev–Trinajstić information content (AvgIpc) is 2.99. The predicted molar refractivity (Wildman–Crippen MR) is 103 cm³/mol. The lowest BCUT2D eigenvalue weighted by Crippen LogP contribution is -2.17. The van der Waals surface area contributed by atoms with Crippen molar-refractivity contribution >= 4 is 43.2 Å². The molecule has 0 aromatic carbocycles. The van der Waals surface area contributed by atoms with Gasteiger partial charge in [-0.25, -0.2) is 9.97 Å². The molecular weight excluding hydrogens is 320 g/mol. The molecule has 5 nitrogen and oxygen atoms in total. The van der Waals surface area contributed by atoms with E-state index in [9.17, 15) is 4.79 Å². The molecule has 3 rings (SSSR count). The van der Waals surface area contributed by atoms with E-state index >= 15 is 0 Å². The van der Waals surface area contributed by atoms with Crippen molar-refractivity contribution in [3.63, 3.8) is 0 Å². The highest BCUT2D eigenvalue weighted by molar-refractivity contribution is 7.25. The van der Waals surface area contributed by atoms with Gasteiger partial charge in [-0.15, -0.1) is 11.3 Å². The number of anilines is 1. The summed E-state index contributed by atoms with van der Waals surface area (Å²) >= 11 is 1.39. The Morgan fingerprint density at radius 3 is 3.00 bits per heavy atom. The van der Waals surface area contributed by atoms with Crippen LogP contribution in [0.4, 0.5) is 5.82 Å². The van der Waals surface area contributed by atoms with E-state index in [2.05, 4.69) is 28.8 Å². The van der Waals surface area contributed by atoms with Crippen LogP contribution in [0.25, 0.3) is 26.0 Å². The molecule has 0 atom stereocenters. The molecule has 24 heavy (non-hydrogen) atoms. The SMILES string of the molecule is C=C/C=C(\C=C/CC)n1ccc2c(sc3ncnc(NC)c32)c1=O. The normalized spacial score (nSPS) is 12.3. The molecule has 0 aliphatic heterocycles. The summed E-state index contributed by atoms with van der Waals surface area (Å²) in [6.07, 6.45) is 11.7. The summed E-state index contributed by atoms with van der Waals surface area (Å²) in [5, 5.41) is 4.83. The molecular formula is C18H18N4OS. The van der Waals surface area contributed by atoms with Crippen LogP contribution in [0.2, 0.25) is 0 Å². The first kappa shape index (κ1) is 16.1. The fourth-order valence-electron chi connectivity index (χ4n) is 2.57. The monoisotopic (exact) mass is 338 g/mol. The molecule has 0 amide bonds. The molecule has 3 aromatic heterocycles. The second-order valence-electron chi connectivity index (χ2n) is 5.13. The highest BCUT2D eigenvalue weighted by Crippen LogP contribution is 2.34. The Bertz CT molecular complexity index is 1030. The van der Waals surface area contributed by atoms with Crippen LogP contribution in [0.15, 0.2) is 54.3 Å². The summed E-state index contributed by atoms with van der Waals surface area (Å²) in [5.41, 5.74) is 0.725. The van der Waals surface area contributed by atoms with Crippen LogP contribution in [-0.2, 0) is 0 Å². The maximum atomic E-state index is 13.0. The third kappa shape index (κ3) is 2.65. The molecule has 3 heterocycles. The van der Waals surface area contributed by atoms with Gasteiger partial charge in [0, 0.05) is 24.3 Å². The Kier molecular flexibility index (Phi) is 4.57. The lowest BCUT2D eigenvalue weighted by atomic mass is 10.2. The largest absolute Gasteiger partial charge is 0.372 e. The van der Waals surface area contributed by atoms with E-state index in [0.29, 0.717) is 4.70 Å². The van der Waals surface area contributed by atoms with Crippen LogP contribution in [-0.4, -0.2) is 21.6 Å². The van der Waals surface area contributed by atoms with E-state index in [0.717, 1.165) is 33.5 Å². The number of hydrogen-bond acceptors (Lipinski definition) is 5. The smallest absolute Gasteiger partial charge is 0.273 e. The minimum absolute atomic E-state index is 0.0635. The average molecular weight is 338 g/mol. The molecule has 0 spiro atoms. The lowest BCUT2D eigenvalue weighted by molar-refractivity contribution is 1.05. The number of nitrogens with one attached hydrogen (secondary N) is 1. The van der Waals surface area contributed by atoms with Crippen LogP contribution in [0.3, 0.4) is 0 Å². The molecule has 0 saturated heterocycles. The van der Waals surface area contributed by atoms with Crippen LogP contribution in [0.5, 0.6) is 0 Å². The van der Waals surface area contributed by atoms with Crippen molar-refractivity contribution < 1.29 is 0 Å². The second-order valence-corrected chi connectivity index (χ2v) is 6.13. The van der Waals surface area contributed by atoms with E-state index in [1.54, 1.807) is 16.8 Å². The van der Waals surface area contributed by atoms with Gasteiger partial charge in [0.1, 0.15) is 21.7 Å². The predicted octanol–water partition coefficient (Wildman–Crippen LogP) is 4.04. The van der Waals surface area contributed by atoms with Crippen LogP contribution in [0.1, 0.15) is 13.3 Å². The number of rotatable bonds is 5. The van der Waals surface area contributed by atoms with Gasteiger partial charge in [0.15, 0.2) is 0 Å². The first-order valence-corrected chi connectivity index (χ1v) is 8.49. The Balaban J connectivity index is 2.31. The molecule has 3 aromatic rings. The Labute approximate surface area is 143 Å². The maximum absolute atomic E-state index is 13.0. The van der Waals surface area contributed by atoms with Crippen molar-refractivity contribution in [1.82, 2.24) is 14.5 Å². The zero-order valence-electron chi connectivity index (χ0n) is 13.6. The summed E-state index contributed by atoms with van der Waals surface area (Å²) in [6, 6.07) is 1.94. The van der Waals surface area contributed by atoms with Crippen molar-refractivity contribution in [2.75, 3.05) is 12.4 Å². The first-order chi connectivity index (χ1) is 11.7. The van der Waals surface area contributed by atoms with E-state index in [-0.39, 0.29) is 5.56 Å². The van der Waals surface area contributed by atoms with E-state index < -0.39 is 0 Å². The number of fused-ring (bicyclic) bond motifs is 3. The van der Waals surface area contributed by atoms with Gasteiger partial charge in [-0.1, -0.05) is 25.7 Å². The fourth-order valence-corrected chi connectivity index (χ4v) is 3.63. The van der Waals surface area contributed by atoms with Crippen molar-refractivity contribution in [2.45, 2.75) is 13.3 Å². The zero-order valence-corrected chi connectivity index (χ0v) is 14.4. The maximum Gasteiger partial charge on any atom is 0.273 e. The van der Waals surface area contributed by atoms with Crippen molar-refractivity contribution in [2.24, 2.45) is 0 Å². The van der Waals surface area contributed by atoms with Gasteiger partial charge in [0.2, 0.25) is 0 Å². The number of pyridine rings is 1. The van der Waals surface area contributed by atoms with Gasteiger partial charge < -0.3 is 5.32 Å². The van der Waals surface area contributed by atoms with Crippen molar-refractivity contribution in [1.29, 1.82) is 0 Å². The number of hydrogen-bond donors (Lipinski definition) is 1. The highest BCUT2D eigenvalue weighted by Gasteiger charge is 2.15. The molecule has 0 saturated carbocycles. The number of aromatic nitrogens is 3. The summed E-state index contributed by atoms with van der Waals surface area (Å²) in [7, 11) is 1.81. The van der Waals surface area contributed by atoms with Gasteiger partial charge >= 0.3 is 0 Å². The van der Waals surface area contributed by atoms with Gasteiger partial charge in [-0.05, 0) is 24.6 Å². The quantitative estimate of drug-likeness (QED) is 0.713. The third-order valence-electron chi connectivity index (χ3n) is 3.66. The molecule has 0 aliphatic rings. The molecule has 6 heteroatoms. The first-order valence-electron chi connectivity index (χ1n) is 7.67. The van der Waals surface area contributed by atoms with Gasteiger partial charge in [-0.2, -0.15) is 0 Å². The van der Waals surface area contributed by atoms with E-state index in [1.165, 1.54) is 17.7 Å². The zero-order chi connectivity index (χ0) is 17.1. The van der Waals surface area contributed by atoms with E-state index in [4.69, 9.17) is 0 Å². The standard InChI is InChI=1S/C18H18N4OS/c1-4-6-8-12(7-5-2)22-10-9-13-14-16(19-3)20-11-21-17(14)24-15(13)18(22)23/h5-11H,2,4H2,1,3H3,(H,19,20,21)/b8-6-,12-7+. The van der Waals surface area contributed by atoms with E-state index in [1.807, 2.05) is 31.3 Å². The minimum atomic E-state index is -0.0635. The molecule has 122 valence electrons. The third-order valence-corrected chi connectivity index (χ3v) is 4.76. The number of nitrogens with zero attached hydrogens (tertiary/aromatic N) is 3. The van der Waals surface area contributed by atoms with Gasteiger partial charge in [0.25, 0.3) is 5.56 Å². The van der Waals surface area contributed by atoms with Crippen molar-refractivity contribution in [3.05, 3.63) is 59.8 Å². The summed E-state index contributed by atoms with van der Waals surface area (Å²) < 4.78 is 2.31. The Morgan fingerprint density at radius 1 is 1.46 bits per heavy atom. The van der Waals surface area contributed by atoms with Gasteiger partial charge in [-0.3, -0.25) is 9.36 Å².